The molecule has 0 spiro atoms. The summed E-state index contributed by atoms with van der Waals surface area (Å²) in [5, 5.41) is 20.2. The molecule has 0 radical (unpaired) electrons. The van der Waals surface area contributed by atoms with Crippen LogP contribution in [-0.2, 0) is 6.42 Å². The van der Waals surface area contributed by atoms with Gasteiger partial charge in [0.25, 0.3) is 0 Å². The molecule has 134 valence electrons. The third-order valence-electron chi connectivity index (χ3n) is 4.67. The molecule has 1 heterocycles. The van der Waals surface area contributed by atoms with Crippen molar-refractivity contribution in [2.45, 2.75) is 13.3 Å². The molecule has 0 saturated carbocycles. The smallest absolute Gasteiger partial charge is 0.336 e. The maximum Gasteiger partial charge on any atom is 0.336 e. The van der Waals surface area contributed by atoms with Crippen LogP contribution in [0.3, 0.4) is 0 Å². The van der Waals surface area contributed by atoms with Crippen molar-refractivity contribution in [1.29, 1.82) is 0 Å². The zero-order valence-electron chi connectivity index (χ0n) is 14.5. The molecular formula is C22H16O5. The fourth-order valence-corrected chi connectivity index (χ4v) is 3.36. The van der Waals surface area contributed by atoms with E-state index in [1.165, 1.54) is 24.3 Å². The van der Waals surface area contributed by atoms with E-state index in [2.05, 4.69) is 0 Å². The molecule has 1 aliphatic heterocycles. The minimum atomic E-state index is -1.03. The molecule has 0 bridgehead atoms. The van der Waals surface area contributed by atoms with Crippen molar-refractivity contribution >= 4 is 16.9 Å². The van der Waals surface area contributed by atoms with Gasteiger partial charge in [0.1, 0.15) is 17.1 Å². The van der Waals surface area contributed by atoms with Crippen LogP contribution in [0, 0.1) is 0 Å². The molecule has 0 amide bonds. The van der Waals surface area contributed by atoms with Crippen molar-refractivity contribution in [1.82, 2.24) is 0 Å². The van der Waals surface area contributed by atoms with Crippen LogP contribution in [0.2, 0.25) is 0 Å². The molecule has 0 aromatic heterocycles. The highest BCUT2D eigenvalue weighted by atomic mass is 16.4. The van der Waals surface area contributed by atoms with Crippen LogP contribution in [0.1, 0.15) is 22.8 Å². The number of aromatic carboxylic acids is 1. The predicted molar refractivity (Wildman–Crippen MR) is 103 cm³/mol. The normalized spacial score (nSPS) is 11.1. The number of hydrogen-bond acceptors (Lipinski definition) is 4. The number of aryl methyl sites for hydroxylation is 1. The maximum absolute atomic E-state index is 11.9. The van der Waals surface area contributed by atoms with E-state index in [4.69, 9.17) is 4.42 Å². The molecule has 0 fully saturated rings. The highest BCUT2D eigenvalue weighted by Gasteiger charge is 2.22. The lowest BCUT2D eigenvalue weighted by Crippen LogP contribution is -2.04. The number of aromatic hydroxyl groups is 1. The second kappa shape index (κ2) is 6.29. The lowest BCUT2D eigenvalue weighted by atomic mass is 9.89. The van der Waals surface area contributed by atoms with E-state index >= 15 is 0 Å². The molecule has 5 heteroatoms. The number of fused-ring (bicyclic) bond motifs is 2. The summed E-state index contributed by atoms with van der Waals surface area (Å²) in [4.78, 5) is 23.7. The Morgan fingerprint density at radius 2 is 1.78 bits per heavy atom. The van der Waals surface area contributed by atoms with Gasteiger partial charge in [0.2, 0.25) is 0 Å². The minimum Gasteiger partial charge on any atom is -0.508 e. The first-order valence-corrected chi connectivity index (χ1v) is 8.54. The van der Waals surface area contributed by atoms with E-state index in [0.29, 0.717) is 33.4 Å². The SMILES string of the molecule is CCc1ccc(-c2c3ccc(=O)cc-3oc3cc(O)ccc23)c(C(=O)O)c1. The van der Waals surface area contributed by atoms with Crippen molar-refractivity contribution in [3.63, 3.8) is 0 Å². The van der Waals surface area contributed by atoms with Gasteiger partial charge in [-0.1, -0.05) is 19.1 Å². The van der Waals surface area contributed by atoms with Crippen LogP contribution in [0.15, 0.2) is 63.8 Å². The molecule has 1 aliphatic carbocycles. The summed E-state index contributed by atoms with van der Waals surface area (Å²) in [6.45, 7) is 1.96. The molecule has 5 nitrogen and oxygen atoms in total. The van der Waals surface area contributed by atoms with Gasteiger partial charge in [-0.2, -0.15) is 0 Å². The highest BCUT2D eigenvalue weighted by Crippen LogP contribution is 2.42. The number of carboxylic acid groups (broad SMARTS) is 1. The Labute approximate surface area is 154 Å². The van der Waals surface area contributed by atoms with Crippen LogP contribution in [0.25, 0.3) is 33.4 Å². The third kappa shape index (κ3) is 2.83. The Hall–Kier alpha value is -3.60. The average molecular weight is 360 g/mol. The Morgan fingerprint density at radius 1 is 1.00 bits per heavy atom. The molecule has 27 heavy (non-hydrogen) atoms. The second-order valence-electron chi connectivity index (χ2n) is 6.35. The number of rotatable bonds is 3. The van der Waals surface area contributed by atoms with Gasteiger partial charge in [-0.05, 0) is 47.9 Å². The van der Waals surface area contributed by atoms with Gasteiger partial charge in [-0.15, -0.1) is 0 Å². The van der Waals surface area contributed by atoms with Crippen molar-refractivity contribution < 1.29 is 19.4 Å². The van der Waals surface area contributed by atoms with Gasteiger partial charge in [0, 0.05) is 28.6 Å². The van der Waals surface area contributed by atoms with Crippen LogP contribution < -0.4 is 5.43 Å². The zero-order valence-corrected chi connectivity index (χ0v) is 14.5. The highest BCUT2D eigenvalue weighted by molar-refractivity contribution is 6.07. The van der Waals surface area contributed by atoms with Gasteiger partial charge in [-0.25, -0.2) is 4.79 Å². The van der Waals surface area contributed by atoms with Crippen molar-refractivity contribution in [3.05, 3.63) is 75.9 Å². The van der Waals surface area contributed by atoms with E-state index in [0.717, 1.165) is 12.0 Å². The van der Waals surface area contributed by atoms with E-state index < -0.39 is 5.97 Å². The van der Waals surface area contributed by atoms with E-state index in [-0.39, 0.29) is 16.7 Å². The van der Waals surface area contributed by atoms with Gasteiger partial charge >= 0.3 is 5.97 Å². The maximum atomic E-state index is 11.9. The summed E-state index contributed by atoms with van der Waals surface area (Å²) in [6, 6.07) is 14.4. The summed E-state index contributed by atoms with van der Waals surface area (Å²) in [5.41, 5.74) is 3.10. The van der Waals surface area contributed by atoms with Crippen molar-refractivity contribution in [2.24, 2.45) is 0 Å². The van der Waals surface area contributed by atoms with Crippen LogP contribution >= 0.6 is 0 Å². The Morgan fingerprint density at radius 3 is 2.52 bits per heavy atom. The summed E-state index contributed by atoms with van der Waals surface area (Å²) in [5.74, 6) is -0.664. The molecule has 0 saturated heterocycles. The van der Waals surface area contributed by atoms with Crippen molar-refractivity contribution in [2.75, 3.05) is 0 Å². The summed E-state index contributed by atoms with van der Waals surface area (Å²) >= 11 is 0. The molecule has 2 N–H and O–H groups in total. The second-order valence-corrected chi connectivity index (χ2v) is 6.35. The third-order valence-corrected chi connectivity index (χ3v) is 4.67. The zero-order chi connectivity index (χ0) is 19.1. The number of carboxylic acids is 1. The first-order chi connectivity index (χ1) is 13.0. The van der Waals surface area contributed by atoms with E-state index in [9.17, 15) is 19.8 Å². The monoisotopic (exact) mass is 360 g/mol. The standard InChI is InChI=1S/C22H16O5/c1-2-12-3-6-15(18(9-12)22(25)26)21-16-7-4-13(23)10-19(16)27-20-11-14(24)5-8-17(20)21/h3-11,23H,2H2,1H3,(H,25,26). The largest absolute Gasteiger partial charge is 0.508 e. The molecule has 2 aromatic carbocycles. The topological polar surface area (TPSA) is 87.7 Å². The van der Waals surface area contributed by atoms with Gasteiger partial charge in [0.15, 0.2) is 5.43 Å². The fraction of sp³-hybridized carbons (Fsp3) is 0.0909. The van der Waals surface area contributed by atoms with Gasteiger partial charge in [0.05, 0.1) is 5.56 Å². The average Bonchev–Trinajstić information content (AvgIpc) is 2.65. The molecule has 0 unspecified atom stereocenters. The molecule has 2 aromatic rings. The lowest BCUT2D eigenvalue weighted by Gasteiger charge is -2.17. The van der Waals surface area contributed by atoms with Gasteiger partial charge in [-0.3, -0.25) is 4.79 Å². The number of benzene rings is 3. The van der Waals surface area contributed by atoms with E-state index in [1.807, 2.05) is 13.0 Å². The Bertz CT molecular complexity index is 1220. The predicted octanol–water partition coefficient (Wildman–Crippen LogP) is 4.53. The number of carbonyl (C=O) groups is 1. The first kappa shape index (κ1) is 16.8. The quantitative estimate of drug-likeness (QED) is 0.524. The van der Waals surface area contributed by atoms with Crippen LogP contribution in [-0.4, -0.2) is 16.2 Å². The minimum absolute atomic E-state index is 0.0228. The molecule has 4 rings (SSSR count). The summed E-state index contributed by atoms with van der Waals surface area (Å²) < 4.78 is 5.81. The number of phenols is 1. The Balaban J connectivity index is 2.18. The van der Waals surface area contributed by atoms with Crippen LogP contribution in [0.5, 0.6) is 5.75 Å². The first-order valence-electron chi connectivity index (χ1n) is 8.54. The summed E-state index contributed by atoms with van der Waals surface area (Å²) in [6.07, 6.45) is 0.722. The molecule has 2 aliphatic rings. The molecular weight excluding hydrogens is 344 g/mol. The van der Waals surface area contributed by atoms with Crippen molar-refractivity contribution in [3.8, 4) is 28.2 Å². The number of hydrogen-bond donors (Lipinski definition) is 2. The lowest BCUT2D eigenvalue weighted by molar-refractivity contribution is 0.0697. The molecule has 0 atom stereocenters. The van der Waals surface area contributed by atoms with E-state index in [1.54, 1.807) is 24.3 Å². The fourth-order valence-electron chi connectivity index (χ4n) is 3.36. The van der Waals surface area contributed by atoms with Gasteiger partial charge < -0.3 is 14.6 Å². The summed E-state index contributed by atoms with van der Waals surface area (Å²) in [7, 11) is 0. The Kier molecular flexibility index (Phi) is 3.92. The number of phenolic OH excluding ortho intramolecular Hbond substituents is 1. The van der Waals surface area contributed by atoms with Crippen LogP contribution in [0.4, 0.5) is 0 Å².